The van der Waals surface area contributed by atoms with E-state index in [1.807, 2.05) is 0 Å². The summed E-state index contributed by atoms with van der Waals surface area (Å²) < 4.78 is 5.02. The predicted molar refractivity (Wildman–Crippen MR) is 58.4 cm³/mol. The van der Waals surface area contributed by atoms with Crippen molar-refractivity contribution in [3.8, 4) is 0 Å². The van der Waals surface area contributed by atoms with E-state index in [0.29, 0.717) is 0 Å². The summed E-state index contributed by atoms with van der Waals surface area (Å²) in [6.45, 7) is 3.81. The van der Waals surface area contributed by atoms with Crippen molar-refractivity contribution in [1.29, 1.82) is 0 Å². The Hall–Kier alpha value is -1.98. The predicted octanol–water partition coefficient (Wildman–Crippen LogP) is 0.700. The maximum Gasteiger partial charge on any atom is 0.287 e. The van der Waals surface area contributed by atoms with Gasteiger partial charge in [0, 0.05) is 18.0 Å². The van der Waals surface area contributed by atoms with Crippen LogP contribution >= 0.6 is 0 Å². The van der Waals surface area contributed by atoms with Gasteiger partial charge in [0.25, 0.3) is 5.91 Å². The smallest absolute Gasteiger partial charge is 0.287 e. The quantitative estimate of drug-likeness (QED) is 0.304. The summed E-state index contributed by atoms with van der Waals surface area (Å²) in [7, 11) is 0. The van der Waals surface area contributed by atoms with Gasteiger partial charge in [0.1, 0.15) is 5.84 Å². The zero-order valence-corrected chi connectivity index (χ0v) is 9.23. The fraction of sp³-hybridized carbons (Fsp3) is 0.400. The van der Waals surface area contributed by atoms with E-state index in [2.05, 4.69) is 10.5 Å². The van der Waals surface area contributed by atoms with Crippen molar-refractivity contribution >= 4 is 11.7 Å². The average molecular weight is 225 g/mol. The molecule has 1 heterocycles. The summed E-state index contributed by atoms with van der Waals surface area (Å²) in [5, 5.41) is 13.9. The molecule has 88 valence electrons. The Morgan fingerprint density at radius 2 is 2.44 bits per heavy atom. The fourth-order valence-electron chi connectivity index (χ4n) is 1.13. The third kappa shape index (κ3) is 2.75. The van der Waals surface area contributed by atoms with Gasteiger partial charge in [-0.3, -0.25) is 4.79 Å². The van der Waals surface area contributed by atoms with Gasteiger partial charge in [-0.15, -0.1) is 0 Å². The highest BCUT2D eigenvalue weighted by molar-refractivity contribution is 5.93. The van der Waals surface area contributed by atoms with Gasteiger partial charge in [-0.05, 0) is 13.0 Å². The van der Waals surface area contributed by atoms with Gasteiger partial charge in [0.15, 0.2) is 5.76 Å². The highest BCUT2D eigenvalue weighted by Crippen LogP contribution is 2.08. The largest absolute Gasteiger partial charge is 0.459 e. The molecule has 1 aromatic rings. The number of carbonyl (C=O) groups excluding carboxylic acids is 1. The zero-order chi connectivity index (χ0) is 12.1. The first-order valence-electron chi connectivity index (χ1n) is 4.86. The topological polar surface area (TPSA) is 101 Å². The molecular formula is C10H15N3O3. The van der Waals surface area contributed by atoms with E-state index in [1.54, 1.807) is 19.9 Å². The second-order valence-electron chi connectivity index (χ2n) is 3.57. The van der Waals surface area contributed by atoms with E-state index in [0.717, 1.165) is 5.56 Å². The van der Waals surface area contributed by atoms with Crippen LogP contribution in [0.25, 0.3) is 0 Å². The first-order valence-corrected chi connectivity index (χ1v) is 4.86. The molecule has 6 heteroatoms. The summed E-state index contributed by atoms with van der Waals surface area (Å²) in [5.74, 6) is -0.174. The molecule has 0 aliphatic heterocycles. The maximum atomic E-state index is 11.6. The molecule has 0 aliphatic rings. The monoisotopic (exact) mass is 225 g/mol. The number of aryl methyl sites for hydroxylation is 1. The zero-order valence-electron chi connectivity index (χ0n) is 9.23. The van der Waals surface area contributed by atoms with Crippen molar-refractivity contribution in [2.75, 3.05) is 6.54 Å². The van der Waals surface area contributed by atoms with E-state index in [-0.39, 0.29) is 30.0 Å². The van der Waals surface area contributed by atoms with Crippen molar-refractivity contribution in [2.45, 2.75) is 13.8 Å². The van der Waals surface area contributed by atoms with Crippen LogP contribution in [0.4, 0.5) is 0 Å². The molecule has 0 spiro atoms. The van der Waals surface area contributed by atoms with E-state index in [1.165, 1.54) is 6.26 Å². The van der Waals surface area contributed by atoms with Gasteiger partial charge >= 0.3 is 0 Å². The summed E-state index contributed by atoms with van der Waals surface area (Å²) >= 11 is 0. The number of oxime groups is 1. The lowest BCUT2D eigenvalue weighted by Gasteiger charge is -2.10. The minimum Gasteiger partial charge on any atom is -0.459 e. The Balaban J connectivity index is 2.51. The Morgan fingerprint density at radius 1 is 1.75 bits per heavy atom. The molecule has 1 atom stereocenters. The molecule has 1 amide bonds. The van der Waals surface area contributed by atoms with E-state index < -0.39 is 0 Å². The van der Waals surface area contributed by atoms with Gasteiger partial charge < -0.3 is 20.7 Å². The minimum atomic E-state index is -0.305. The van der Waals surface area contributed by atoms with Crippen LogP contribution in [0.1, 0.15) is 23.0 Å². The molecule has 0 aliphatic carbocycles. The number of nitrogens with zero attached hydrogens (tertiary/aromatic N) is 1. The Labute approximate surface area is 93.1 Å². The Bertz CT molecular complexity index is 398. The summed E-state index contributed by atoms with van der Waals surface area (Å²) in [6.07, 6.45) is 1.46. The van der Waals surface area contributed by atoms with Gasteiger partial charge in [0.05, 0.1) is 6.26 Å². The molecule has 0 bridgehead atoms. The molecule has 16 heavy (non-hydrogen) atoms. The molecule has 0 radical (unpaired) electrons. The van der Waals surface area contributed by atoms with Gasteiger partial charge in [-0.1, -0.05) is 12.1 Å². The van der Waals surface area contributed by atoms with E-state index in [9.17, 15) is 4.79 Å². The number of rotatable bonds is 4. The lowest BCUT2D eigenvalue weighted by atomic mass is 10.1. The van der Waals surface area contributed by atoms with Crippen LogP contribution in [0.2, 0.25) is 0 Å². The first-order chi connectivity index (χ1) is 7.56. The van der Waals surface area contributed by atoms with Crippen LogP contribution in [0.3, 0.4) is 0 Å². The van der Waals surface area contributed by atoms with Crippen molar-refractivity contribution in [3.05, 3.63) is 23.7 Å². The number of hydrogen-bond acceptors (Lipinski definition) is 4. The number of amidine groups is 1. The van der Waals surface area contributed by atoms with Crippen LogP contribution in [-0.2, 0) is 0 Å². The summed E-state index contributed by atoms with van der Waals surface area (Å²) in [5.41, 5.74) is 6.15. The second-order valence-corrected chi connectivity index (χ2v) is 3.57. The fourth-order valence-corrected chi connectivity index (χ4v) is 1.13. The summed E-state index contributed by atoms with van der Waals surface area (Å²) in [4.78, 5) is 11.6. The Morgan fingerprint density at radius 3 is 2.94 bits per heavy atom. The summed E-state index contributed by atoms with van der Waals surface area (Å²) in [6, 6.07) is 1.71. The maximum absolute atomic E-state index is 11.6. The number of nitrogens with two attached hydrogens (primary N) is 1. The lowest BCUT2D eigenvalue weighted by Crippen LogP contribution is -2.34. The number of amides is 1. The van der Waals surface area contributed by atoms with Crippen LogP contribution in [-0.4, -0.2) is 23.5 Å². The number of hydrogen-bond donors (Lipinski definition) is 3. The van der Waals surface area contributed by atoms with Crippen LogP contribution < -0.4 is 11.1 Å². The molecule has 6 nitrogen and oxygen atoms in total. The lowest BCUT2D eigenvalue weighted by molar-refractivity contribution is 0.0922. The molecule has 0 aromatic carbocycles. The Kier molecular flexibility index (Phi) is 3.93. The third-order valence-electron chi connectivity index (χ3n) is 2.26. The third-order valence-corrected chi connectivity index (χ3v) is 2.26. The number of furan rings is 1. The van der Waals surface area contributed by atoms with Gasteiger partial charge in [0.2, 0.25) is 0 Å². The second kappa shape index (κ2) is 5.20. The molecule has 1 unspecified atom stereocenters. The standard InChI is InChI=1S/C10H15N3O3/c1-6-3-4-16-8(6)10(14)12-5-7(2)9(11)13-15/h3-4,7,15H,5H2,1-2H3,(H2,11,13)(H,12,14). The van der Waals surface area contributed by atoms with Crippen molar-refractivity contribution < 1.29 is 14.4 Å². The highest BCUT2D eigenvalue weighted by Gasteiger charge is 2.14. The molecule has 1 aromatic heterocycles. The molecule has 4 N–H and O–H groups in total. The van der Waals surface area contributed by atoms with Crippen molar-refractivity contribution in [3.63, 3.8) is 0 Å². The molecular weight excluding hydrogens is 210 g/mol. The average Bonchev–Trinajstić information content (AvgIpc) is 2.70. The first kappa shape index (κ1) is 12.1. The number of carbonyl (C=O) groups is 1. The van der Waals surface area contributed by atoms with Crippen LogP contribution in [0.5, 0.6) is 0 Å². The van der Waals surface area contributed by atoms with Gasteiger partial charge in [-0.2, -0.15) is 0 Å². The molecule has 0 saturated carbocycles. The molecule has 0 saturated heterocycles. The number of nitrogens with one attached hydrogen (secondary N) is 1. The molecule has 1 rings (SSSR count). The van der Waals surface area contributed by atoms with Crippen LogP contribution in [0, 0.1) is 12.8 Å². The van der Waals surface area contributed by atoms with Crippen LogP contribution in [0.15, 0.2) is 21.9 Å². The van der Waals surface area contributed by atoms with Crippen molar-refractivity contribution in [1.82, 2.24) is 5.32 Å². The highest BCUT2D eigenvalue weighted by atomic mass is 16.4. The van der Waals surface area contributed by atoms with Gasteiger partial charge in [-0.25, -0.2) is 0 Å². The SMILES string of the molecule is Cc1ccoc1C(=O)NCC(C)C(N)=NO. The van der Waals surface area contributed by atoms with Crippen molar-refractivity contribution in [2.24, 2.45) is 16.8 Å². The molecule has 0 fully saturated rings. The minimum absolute atomic E-state index is 0.0801. The van der Waals surface area contributed by atoms with E-state index in [4.69, 9.17) is 15.4 Å². The normalized spacial score (nSPS) is 13.5. The van der Waals surface area contributed by atoms with E-state index >= 15 is 0 Å².